The number of carbonyl (C=O) groups is 1. The number of carboxylic acids is 1. The first-order valence-corrected chi connectivity index (χ1v) is 6.73. The summed E-state index contributed by atoms with van der Waals surface area (Å²) in [5.74, 6) is -1.18. The summed E-state index contributed by atoms with van der Waals surface area (Å²) in [7, 11) is 1.41. The largest absolute Gasteiger partial charge is 0.494 e. The van der Waals surface area contributed by atoms with Crippen LogP contribution in [0.5, 0.6) is 5.75 Å². The lowest BCUT2D eigenvalue weighted by atomic mass is 10.2. The van der Waals surface area contributed by atoms with Gasteiger partial charge in [-0.05, 0) is 30.7 Å². The Kier molecular flexibility index (Phi) is 4.24. The minimum atomic E-state index is -0.931. The molecule has 0 aliphatic heterocycles. The van der Waals surface area contributed by atoms with Crippen LogP contribution < -0.4 is 10.1 Å². The summed E-state index contributed by atoms with van der Waals surface area (Å²) in [6.07, 6.45) is 0. The van der Waals surface area contributed by atoms with Crippen molar-refractivity contribution in [2.24, 2.45) is 0 Å². The third kappa shape index (κ3) is 3.08. The Morgan fingerprint density at radius 3 is 2.75 bits per heavy atom. The molecular weight excluding hydrogens is 281 g/mol. The van der Waals surface area contributed by atoms with Gasteiger partial charge in [-0.15, -0.1) is 11.3 Å². The molecular formula is C14H14FNO3S. The van der Waals surface area contributed by atoms with E-state index in [-0.39, 0.29) is 5.75 Å². The van der Waals surface area contributed by atoms with Gasteiger partial charge in [0.25, 0.3) is 0 Å². The molecule has 0 spiro atoms. The zero-order valence-corrected chi connectivity index (χ0v) is 11.9. The zero-order chi connectivity index (χ0) is 14.7. The number of hydrogen-bond donors (Lipinski definition) is 2. The Hall–Kier alpha value is -2.08. The summed E-state index contributed by atoms with van der Waals surface area (Å²) >= 11 is 1.23. The van der Waals surface area contributed by atoms with Crippen molar-refractivity contribution in [3.63, 3.8) is 0 Å². The molecule has 1 aromatic heterocycles. The van der Waals surface area contributed by atoms with Crippen LogP contribution in [0.2, 0.25) is 0 Å². The van der Waals surface area contributed by atoms with Crippen molar-refractivity contribution in [2.75, 3.05) is 12.4 Å². The van der Waals surface area contributed by atoms with E-state index < -0.39 is 11.8 Å². The van der Waals surface area contributed by atoms with Gasteiger partial charge in [-0.1, -0.05) is 0 Å². The number of halogens is 1. The molecule has 0 saturated carbocycles. The monoisotopic (exact) mass is 295 g/mol. The molecule has 6 heteroatoms. The quantitative estimate of drug-likeness (QED) is 0.886. The van der Waals surface area contributed by atoms with E-state index >= 15 is 0 Å². The van der Waals surface area contributed by atoms with Gasteiger partial charge in [-0.2, -0.15) is 0 Å². The van der Waals surface area contributed by atoms with Crippen molar-refractivity contribution in [3.05, 3.63) is 45.4 Å². The smallest absolute Gasteiger partial charge is 0.345 e. The van der Waals surface area contributed by atoms with Crippen LogP contribution in [0.15, 0.2) is 24.3 Å². The van der Waals surface area contributed by atoms with E-state index in [4.69, 9.17) is 9.84 Å². The maximum absolute atomic E-state index is 13.5. The summed E-state index contributed by atoms with van der Waals surface area (Å²) < 4.78 is 18.4. The number of hydrogen-bond acceptors (Lipinski definition) is 4. The molecule has 0 atom stereocenters. The fourth-order valence-corrected chi connectivity index (χ4v) is 2.65. The highest BCUT2D eigenvalue weighted by atomic mass is 32.1. The maximum Gasteiger partial charge on any atom is 0.345 e. The minimum Gasteiger partial charge on any atom is -0.494 e. The zero-order valence-electron chi connectivity index (χ0n) is 11.1. The lowest BCUT2D eigenvalue weighted by Crippen LogP contribution is -2.00. The van der Waals surface area contributed by atoms with Crippen molar-refractivity contribution in [2.45, 2.75) is 13.5 Å². The number of carboxylic acid groups (broad SMARTS) is 1. The van der Waals surface area contributed by atoms with E-state index in [1.165, 1.54) is 24.5 Å². The van der Waals surface area contributed by atoms with Crippen molar-refractivity contribution < 1.29 is 19.0 Å². The summed E-state index contributed by atoms with van der Waals surface area (Å²) in [6, 6.07) is 6.23. The molecule has 0 aliphatic rings. The van der Waals surface area contributed by atoms with E-state index in [0.29, 0.717) is 17.1 Å². The van der Waals surface area contributed by atoms with Gasteiger partial charge < -0.3 is 15.2 Å². The van der Waals surface area contributed by atoms with Gasteiger partial charge in [0.2, 0.25) is 0 Å². The first-order chi connectivity index (χ1) is 9.51. The molecule has 0 bridgehead atoms. The summed E-state index contributed by atoms with van der Waals surface area (Å²) in [4.78, 5) is 12.1. The van der Waals surface area contributed by atoms with Crippen LogP contribution in [0.1, 0.15) is 20.1 Å². The van der Waals surface area contributed by atoms with E-state index in [1.807, 2.05) is 6.92 Å². The van der Waals surface area contributed by atoms with E-state index in [1.54, 1.807) is 18.2 Å². The van der Waals surface area contributed by atoms with Crippen LogP contribution in [0.3, 0.4) is 0 Å². The minimum absolute atomic E-state index is 0.190. The van der Waals surface area contributed by atoms with E-state index in [9.17, 15) is 9.18 Å². The second-order valence-electron chi connectivity index (χ2n) is 4.20. The van der Waals surface area contributed by atoms with Crippen molar-refractivity contribution in [1.82, 2.24) is 0 Å². The molecule has 0 fully saturated rings. The predicted octanol–water partition coefficient (Wildman–Crippen LogP) is 3.51. The number of rotatable bonds is 5. The summed E-state index contributed by atoms with van der Waals surface area (Å²) in [6.45, 7) is 2.31. The molecule has 1 heterocycles. The van der Waals surface area contributed by atoms with Gasteiger partial charge in [-0.25, -0.2) is 9.18 Å². The molecule has 0 unspecified atom stereocenters. The molecule has 0 saturated heterocycles. The second kappa shape index (κ2) is 5.92. The third-order valence-corrected chi connectivity index (χ3v) is 3.95. The Bertz CT molecular complexity index is 639. The average Bonchev–Trinajstić information content (AvgIpc) is 2.78. The number of aromatic carboxylic acids is 1. The van der Waals surface area contributed by atoms with E-state index in [2.05, 4.69) is 5.32 Å². The van der Waals surface area contributed by atoms with Gasteiger partial charge in [0.05, 0.1) is 7.11 Å². The van der Waals surface area contributed by atoms with Gasteiger partial charge >= 0.3 is 5.97 Å². The lowest BCUT2D eigenvalue weighted by molar-refractivity contribution is 0.0702. The average molecular weight is 295 g/mol. The first-order valence-electron chi connectivity index (χ1n) is 5.91. The Labute approximate surface area is 119 Å². The van der Waals surface area contributed by atoms with Crippen LogP contribution in [-0.2, 0) is 6.54 Å². The normalized spacial score (nSPS) is 10.3. The molecule has 2 aromatic rings. The van der Waals surface area contributed by atoms with Crippen LogP contribution in [-0.4, -0.2) is 18.2 Å². The predicted molar refractivity (Wildman–Crippen MR) is 76.3 cm³/mol. The Morgan fingerprint density at radius 2 is 2.20 bits per heavy atom. The molecule has 2 rings (SSSR count). The number of aryl methyl sites for hydroxylation is 1. The van der Waals surface area contributed by atoms with Crippen molar-refractivity contribution in [3.8, 4) is 5.75 Å². The van der Waals surface area contributed by atoms with Gasteiger partial charge in [0.1, 0.15) is 4.88 Å². The molecule has 1 aromatic carbocycles. The van der Waals surface area contributed by atoms with Crippen LogP contribution in [0, 0.1) is 12.7 Å². The highest BCUT2D eigenvalue weighted by Gasteiger charge is 2.11. The number of anilines is 1. The fraction of sp³-hybridized carbons (Fsp3) is 0.214. The maximum atomic E-state index is 13.5. The van der Waals surface area contributed by atoms with Gasteiger partial charge in [0, 0.05) is 23.2 Å². The number of ether oxygens (including phenoxy) is 1. The van der Waals surface area contributed by atoms with Crippen LogP contribution in [0.4, 0.5) is 10.1 Å². The fourth-order valence-electron chi connectivity index (χ4n) is 1.77. The van der Waals surface area contributed by atoms with Gasteiger partial charge in [0.15, 0.2) is 11.6 Å². The molecule has 106 valence electrons. The molecule has 0 amide bonds. The Morgan fingerprint density at radius 1 is 1.45 bits per heavy atom. The second-order valence-corrected chi connectivity index (χ2v) is 5.46. The van der Waals surface area contributed by atoms with Crippen molar-refractivity contribution in [1.29, 1.82) is 0 Å². The number of nitrogens with one attached hydrogen (secondary N) is 1. The first kappa shape index (κ1) is 14.3. The molecule has 0 radical (unpaired) electrons. The number of methoxy groups -OCH3 is 1. The lowest BCUT2D eigenvalue weighted by Gasteiger charge is -2.08. The van der Waals surface area contributed by atoms with Crippen molar-refractivity contribution >= 4 is 23.0 Å². The highest BCUT2D eigenvalue weighted by molar-refractivity contribution is 7.14. The summed E-state index contributed by atoms with van der Waals surface area (Å²) in [5, 5.41) is 12.0. The van der Waals surface area contributed by atoms with Crippen LogP contribution in [0.25, 0.3) is 0 Å². The number of benzene rings is 1. The third-order valence-electron chi connectivity index (χ3n) is 2.87. The molecule has 4 nitrogen and oxygen atoms in total. The topological polar surface area (TPSA) is 58.6 Å². The number of thiophene rings is 1. The molecule has 0 aliphatic carbocycles. The molecule has 20 heavy (non-hydrogen) atoms. The van der Waals surface area contributed by atoms with Crippen LogP contribution >= 0.6 is 11.3 Å². The highest BCUT2D eigenvalue weighted by Crippen LogP contribution is 2.24. The van der Waals surface area contributed by atoms with E-state index in [0.717, 1.165) is 10.4 Å². The van der Waals surface area contributed by atoms with Gasteiger partial charge in [-0.3, -0.25) is 0 Å². The standard InChI is InChI=1S/C14H14FNO3S/c1-8-9(5-13(20-8)14(17)18)7-16-10-3-4-12(19-2)11(15)6-10/h3-6,16H,7H2,1-2H3,(H,17,18). The SMILES string of the molecule is COc1ccc(NCc2cc(C(=O)O)sc2C)cc1F. The Balaban J connectivity index is 2.08. The summed E-state index contributed by atoms with van der Waals surface area (Å²) in [5.41, 5.74) is 1.51. The molecule has 2 N–H and O–H groups in total.